The summed E-state index contributed by atoms with van der Waals surface area (Å²) in [5.74, 6) is -0.442. The average molecular weight is 230 g/mol. The first-order valence-electron chi connectivity index (χ1n) is 5.74. The second-order valence-electron chi connectivity index (χ2n) is 3.63. The predicted molar refractivity (Wildman–Crippen MR) is 61.8 cm³/mol. The Kier molecular flexibility index (Phi) is 9.70. The van der Waals surface area contributed by atoms with Crippen molar-refractivity contribution in [3.8, 4) is 0 Å². The highest BCUT2D eigenvalue weighted by molar-refractivity contribution is 5.81. The summed E-state index contributed by atoms with van der Waals surface area (Å²) in [5, 5.41) is 2.76. The Hall–Kier alpha value is -1.10. The number of unbranched alkanes of at least 4 members (excludes halogenated alkanes) is 3. The summed E-state index contributed by atoms with van der Waals surface area (Å²) < 4.78 is 4.44. The summed E-state index contributed by atoms with van der Waals surface area (Å²) in [7, 11) is 1.32. The lowest BCUT2D eigenvalue weighted by Gasteiger charge is -2.04. The molecule has 5 heteroatoms. The maximum atomic E-state index is 11.2. The lowest BCUT2D eigenvalue weighted by molar-refractivity contribution is -0.142. The van der Waals surface area contributed by atoms with Crippen LogP contribution >= 0.6 is 0 Å². The zero-order valence-electron chi connectivity index (χ0n) is 9.96. The van der Waals surface area contributed by atoms with Crippen LogP contribution in [0.3, 0.4) is 0 Å². The van der Waals surface area contributed by atoms with E-state index in [0.29, 0.717) is 6.54 Å². The monoisotopic (exact) mass is 230 g/mol. The van der Waals surface area contributed by atoms with E-state index >= 15 is 0 Å². The zero-order valence-corrected chi connectivity index (χ0v) is 9.96. The van der Waals surface area contributed by atoms with Gasteiger partial charge in [0.25, 0.3) is 0 Å². The molecule has 0 bridgehead atoms. The van der Waals surface area contributed by atoms with Gasteiger partial charge in [-0.15, -0.1) is 0 Å². The second-order valence-corrected chi connectivity index (χ2v) is 3.63. The third-order valence-electron chi connectivity index (χ3n) is 2.24. The molecule has 0 atom stereocenters. The molecule has 0 saturated heterocycles. The Morgan fingerprint density at radius 2 is 1.81 bits per heavy atom. The highest BCUT2D eigenvalue weighted by Gasteiger charge is 2.05. The highest BCUT2D eigenvalue weighted by atomic mass is 16.5. The number of hydrogen-bond donors (Lipinski definition) is 2. The first kappa shape index (κ1) is 14.9. The normalized spacial score (nSPS) is 9.88. The third-order valence-corrected chi connectivity index (χ3v) is 2.24. The third kappa shape index (κ3) is 9.45. The fraction of sp³-hybridized carbons (Fsp3) is 0.818. The van der Waals surface area contributed by atoms with Crippen molar-refractivity contribution in [2.75, 3.05) is 20.2 Å². The lowest BCUT2D eigenvalue weighted by Crippen LogP contribution is -2.25. The van der Waals surface area contributed by atoms with Crippen LogP contribution in [0, 0.1) is 0 Å². The molecule has 0 aromatic carbocycles. The van der Waals surface area contributed by atoms with Crippen molar-refractivity contribution in [2.24, 2.45) is 5.73 Å². The molecule has 0 fully saturated rings. The molecule has 0 aliphatic heterocycles. The van der Waals surface area contributed by atoms with Gasteiger partial charge < -0.3 is 15.8 Å². The van der Waals surface area contributed by atoms with Gasteiger partial charge in [-0.1, -0.05) is 12.8 Å². The van der Waals surface area contributed by atoms with Crippen LogP contribution in [0.1, 0.15) is 38.5 Å². The molecule has 0 unspecified atom stereocenters. The van der Waals surface area contributed by atoms with E-state index < -0.39 is 0 Å². The number of rotatable bonds is 9. The van der Waals surface area contributed by atoms with E-state index in [1.54, 1.807) is 0 Å². The SMILES string of the molecule is COC(=O)CCC(=O)NCCCCCCN. The number of ether oxygens (including phenoxy) is 1. The largest absolute Gasteiger partial charge is 0.469 e. The maximum Gasteiger partial charge on any atom is 0.306 e. The molecular weight excluding hydrogens is 208 g/mol. The van der Waals surface area contributed by atoms with Crippen molar-refractivity contribution < 1.29 is 14.3 Å². The number of carbonyl (C=O) groups is 2. The molecule has 94 valence electrons. The van der Waals surface area contributed by atoms with Crippen molar-refractivity contribution in [1.82, 2.24) is 5.32 Å². The van der Waals surface area contributed by atoms with Crippen LogP contribution < -0.4 is 11.1 Å². The number of nitrogens with one attached hydrogen (secondary N) is 1. The Bertz CT molecular complexity index is 207. The van der Waals surface area contributed by atoms with Gasteiger partial charge in [-0.05, 0) is 19.4 Å². The molecular formula is C11H22N2O3. The summed E-state index contributed by atoms with van der Waals surface area (Å²) in [6.45, 7) is 1.40. The number of amides is 1. The molecule has 0 aliphatic rings. The molecule has 16 heavy (non-hydrogen) atoms. The molecule has 0 saturated carbocycles. The quantitative estimate of drug-likeness (QED) is 0.448. The van der Waals surface area contributed by atoms with E-state index in [2.05, 4.69) is 10.1 Å². The summed E-state index contributed by atoms with van der Waals surface area (Å²) >= 11 is 0. The van der Waals surface area contributed by atoms with Crippen LogP contribution in [0.5, 0.6) is 0 Å². The molecule has 3 N–H and O–H groups in total. The predicted octanol–water partition coefficient (Wildman–Crippen LogP) is 0.575. The summed E-state index contributed by atoms with van der Waals surface area (Å²) in [4.78, 5) is 22.0. The van der Waals surface area contributed by atoms with Gasteiger partial charge in [0.15, 0.2) is 0 Å². The summed E-state index contributed by atoms with van der Waals surface area (Å²) in [6.07, 6.45) is 4.54. The van der Waals surface area contributed by atoms with Gasteiger partial charge in [0.05, 0.1) is 13.5 Å². The molecule has 5 nitrogen and oxygen atoms in total. The maximum absolute atomic E-state index is 11.2. The van der Waals surface area contributed by atoms with E-state index in [-0.39, 0.29) is 24.7 Å². The lowest BCUT2D eigenvalue weighted by atomic mass is 10.2. The van der Waals surface area contributed by atoms with Crippen LogP contribution in [0.15, 0.2) is 0 Å². The molecule has 0 radical (unpaired) electrons. The first-order chi connectivity index (χ1) is 7.70. The van der Waals surface area contributed by atoms with Crippen LogP contribution in [-0.4, -0.2) is 32.1 Å². The van der Waals surface area contributed by atoms with E-state index in [4.69, 9.17) is 5.73 Å². The number of nitrogens with two attached hydrogens (primary N) is 1. The van der Waals surface area contributed by atoms with Crippen molar-refractivity contribution >= 4 is 11.9 Å². The van der Waals surface area contributed by atoms with Crippen LogP contribution in [-0.2, 0) is 14.3 Å². The first-order valence-corrected chi connectivity index (χ1v) is 5.74. The van der Waals surface area contributed by atoms with Gasteiger partial charge in [0.1, 0.15) is 0 Å². The molecule has 0 heterocycles. The number of esters is 1. The molecule has 0 rings (SSSR count). The Balaban J connectivity index is 3.27. The molecule has 0 aromatic rings. The summed E-state index contributed by atoms with van der Waals surface area (Å²) in [5.41, 5.74) is 5.36. The minimum absolute atomic E-state index is 0.0933. The molecule has 0 aromatic heterocycles. The highest BCUT2D eigenvalue weighted by Crippen LogP contribution is 1.97. The van der Waals surface area contributed by atoms with E-state index in [1.807, 2.05) is 0 Å². The van der Waals surface area contributed by atoms with Gasteiger partial charge in [0, 0.05) is 13.0 Å². The van der Waals surface area contributed by atoms with Gasteiger partial charge in [0.2, 0.25) is 5.91 Å². The number of hydrogen-bond acceptors (Lipinski definition) is 4. The fourth-order valence-corrected chi connectivity index (χ4v) is 1.26. The second kappa shape index (κ2) is 10.4. The Labute approximate surface area is 96.7 Å². The van der Waals surface area contributed by atoms with Crippen molar-refractivity contribution in [3.05, 3.63) is 0 Å². The topological polar surface area (TPSA) is 81.4 Å². The van der Waals surface area contributed by atoms with Crippen molar-refractivity contribution in [2.45, 2.75) is 38.5 Å². The van der Waals surface area contributed by atoms with E-state index in [1.165, 1.54) is 7.11 Å². The fourth-order valence-electron chi connectivity index (χ4n) is 1.26. The van der Waals surface area contributed by atoms with Crippen molar-refractivity contribution in [1.29, 1.82) is 0 Å². The van der Waals surface area contributed by atoms with Crippen LogP contribution in [0.25, 0.3) is 0 Å². The minimum atomic E-state index is -0.349. The van der Waals surface area contributed by atoms with Gasteiger partial charge in [-0.25, -0.2) is 0 Å². The zero-order chi connectivity index (χ0) is 12.2. The Morgan fingerprint density at radius 1 is 1.12 bits per heavy atom. The molecule has 0 aliphatic carbocycles. The van der Waals surface area contributed by atoms with Crippen molar-refractivity contribution in [3.63, 3.8) is 0 Å². The van der Waals surface area contributed by atoms with Crippen LogP contribution in [0.2, 0.25) is 0 Å². The number of methoxy groups -OCH3 is 1. The smallest absolute Gasteiger partial charge is 0.306 e. The Morgan fingerprint density at radius 3 is 2.44 bits per heavy atom. The van der Waals surface area contributed by atoms with Gasteiger partial charge in [-0.2, -0.15) is 0 Å². The minimum Gasteiger partial charge on any atom is -0.469 e. The van der Waals surface area contributed by atoms with Gasteiger partial charge in [-0.3, -0.25) is 9.59 Å². The molecule has 0 spiro atoms. The van der Waals surface area contributed by atoms with E-state index in [9.17, 15) is 9.59 Å². The number of carbonyl (C=O) groups excluding carboxylic acids is 2. The van der Waals surface area contributed by atoms with Gasteiger partial charge >= 0.3 is 5.97 Å². The standard InChI is InChI=1S/C11H22N2O3/c1-16-11(15)7-6-10(14)13-9-5-3-2-4-8-12/h2-9,12H2,1H3,(H,13,14). The summed E-state index contributed by atoms with van der Waals surface area (Å²) in [6, 6.07) is 0. The van der Waals surface area contributed by atoms with Crippen LogP contribution in [0.4, 0.5) is 0 Å². The molecule has 1 amide bonds. The average Bonchev–Trinajstić information content (AvgIpc) is 2.30. The van der Waals surface area contributed by atoms with E-state index in [0.717, 1.165) is 32.2 Å².